The Balaban J connectivity index is 2.15. The molecule has 1 aromatic carbocycles. The summed E-state index contributed by atoms with van der Waals surface area (Å²) in [6.07, 6.45) is 1.53. The van der Waals surface area contributed by atoms with Gasteiger partial charge in [-0.15, -0.1) is 5.10 Å². The predicted octanol–water partition coefficient (Wildman–Crippen LogP) is 1.08. The maximum absolute atomic E-state index is 11.7. The molecule has 0 fully saturated rings. The van der Waals surface area contributed by atoms with Crippen LogP contribution in [-0.2, 0) is 7.05 Å². The fourth-order valence-electron chi connectivity index (χ4n) is 1.38. The standard InChI is InChI=1S/C11H12N4O2/c1-7-5-8(3-4-10(7)16)12-11(17)9-6-15(2)14-13-9/h3-6,16H,1-2H3,(H,12,17). The van der Waals surface area contributed by atoms with Crippen LogP contribution in [-0.4, -0.2) is 26.0 Å². The summed E-state index contributed by atoms with van der Waals surface area (Å²) < 4.78 is 1.46. The second-order valence-electron chi connectivity index (χ2n) is 3.73. The highest BCUT2D eigenvalue weighted by Crippen LogP contribution is 2.20. The van der Waals surface area contributed by atoms with E-state index in [2.05, 4.69) is 15.6 Å². The van der Waals surface area contributed by atoms with Crippen LogP contribution in [0.1, 0.15) is 16.1 Å². The SMILES string of the molecule is Cc1cc(NC(=O)c2cn(C)nn2)ccc1O. The van der Waals surface area contributed by atoms with Crippen molar-refractivity contribution in [3.63, 3.8) is 0 Å². The lowest BCUT2D eigenvalue weighted by molar-refractivity contribution is 0.102. The minimum Gasteiger partial charge on any atom is -0.508 e. The number of rotatable bonds is 2. The van der Waals surface area contributed by atoms with E-state index in [1.165, 1.54) is 16.9 Å². The van der Waals surface area contributed by atoms with Crippen molar-refractivity contribution < 1.29 is 9.90 Å². The van der Waals surface area contributed by atoms with E-state index in [1.54, 1.807) is 26.1 Å². The molecule has 88 valence electrons. The van der Waals surface area contributed by atoms with Crippen LogP contribution in [0.15, 0.2) is 24.4 Å². The molecule has 2 aromatic rings. The molecule has 0 atom stereocenters. The first kappa shape index (κ1) is 11.1. The topological polar surface area (TPSA) is 80.0 Å². The number of aryl methyl sites for hydroxylation is 2. The Kier molecular flexibility index (Phi) is 2.78. The van der Waals surface area contributed by atoms with Gasteiger partial charge in [0, 0.05) is 12.7 Å². The zero-order chi connectivity index (χ0) is 12.4. The maximum atomic E-state index is 11.7. The average Bonchev–Trinajstić information content (AvgIpc) is 2.70. The van der Waals surface area contributed by atoms with Crippen molar-refractivity contribution in [3.8, 4) is 5.75 Å². The number of aromatic nitrogens is 3. The molecule has 0 radical (unpaired) electrons. The molecule has 1 amide bonds. The van der Waals surface area contributed by atoms with E-state index < -0.39 is 0 Å². The molecule has 0 aliphatic carbocycles. The normalized spacial score (nSPS) is 10.2. The Morgan fingerprint density at radius 3 is 2.82 bits per heavy atom. The van der Waals surface area contributed by atoms with Crippen LogP contribution in [0, 0.1) is 6.92 Å². The number of amides is 1. The second kappa shape index (κ2) is 4.25. The Morgan fingerprint density at radius 2 is 2.24 bits per heavy atom. The van der Waals surface area contributed by atoms with Gasteiger partial charge in [0.2, 0.25) is 0 Å². The Labute approximate surface area is 97.9 Å². The molecular formula is C11H12N4O2. The first-order valence-electron chi connectivity index (χ1n) is 5.03. The molecule has 1 aromatic heterocycles. The number of nitrogens with one attached hydrogen (secondary N) is 1. The van der Waals surface area contributed by atoms with E-state index in [9.17, 15) is 9.90 Å². The molecule has 17 heavy (non-hydrogen) atoms. The van der Waals surface area contributed by atoms with E-state index in [4.69, 9.17) is 0 Å². The minimum absolute atomic E-state index is 0.197. The van der Waals surface area contributed by atoms with Gasteiger partial charge in [-0.25, -0.2) is 0 Å². The number of anilines is 1. The van der Waals surface area contributed by atoms with Gasteiger partial charge in [-0.1, -0.05) is 5.21 Å². The molecule has 2 rings (SSSR count). The Hall–Kier alpha value is -2.37. The summed E-state index contributed by atoms with van der Waals surface area (Å²) in [7, 11) is 1.69. The van der Waals surface area contributed by atoms with Crippen LogP contribution in [0.3, 0.4) is 0 Å². The number of hydrogen-bond acceptors (Lipinski definition) is 4. The highest BCUT2D eigenvalue weighted by atomic mass is 16.3. The van der Waals surface area contributed by atoms with E-state index in [1.807, 2.05) is 0 Å². The van der Waals surface area contributed by atoms with Crippen LogP contribution in [0.25, 0.3) is 0 Å². The quantitative estimate of drug-likeness (QED) is 0.759. The van der Waals surface area contributed by atoms with Gasteiger partial charge in [0.15, 0.2) is 5.69 Å². The molecule has 6 heteroatoms. The summed E-state index contributed by atoms with van der Waals surface area (Å²) in [6, 6.07) is 4.84. The van der Waals surface area contributed by atoms with Gasteiger partial charge >= 0.3 is 0 Å². The summed E-state index contributed by atoms with van der Waals surface area (Å²) in [4.78, 5) is 11.7. The lowest BCUT2D eigenvalue weighted by Gasteiger charge is -2.05. The maximum Gasteiger partial charge on any atom is 0.277 e. The number of carbonyl (C=O) groups is 1. The van der Waals surface area contributed by atoms with Crippen LogP contribution in [0.4, 0.5) is 5.69 Å². The van der Waals surface area contributed by atoms with Gasteiger partial charge in [0.05, 0.1) is 6.20 Å². The summed E-state index contributed by atoms with van der Waals surface area (Å²) in [5.74, 6) is -0.134. The largest absolute Gasteiger partial charge is 0.508 e. The van der Waals surface area contributed by atoms with Crippen molar-refractivity contribution >= 4 is 11.6 Å². The molecule has 0 bridgehead atoms. The third-order valence-electron chi connectivity index (χ3n) is 2.29. The average molecular weight is 232 g/mol. The molecule has 1 heterocycles. The minimum atomic E-state index is -0.330. The Morgan fingerprint density at radius 1 is 1.47 bits per heavy atom. The van der Waals surface area contributed by atoms with E-state index in [-0.39, 0.29) is 17.4 Å². The first-order chi connectivity index (χ1) is 8.06. The number of hydrogen-bond donors (Lipinski definition) is 2. The highest BCUT2D eigenvalue weighted by Gasteiger charge is 2.10. The monoisotopic (exact) mass is 232 g/mol. The van der Waals surface area contributed by atoms with Crippen molar-refractivity contribution in [2.24, 2.45) is 7.05 Å². The molecule has 2 N–H and O–H groups in total. The number of carbonyl (C=O) groups excluding carboxylic acids is 1. The zero-order valence-electron chi connectivity index (χ0n) is 9.51. The highest BCUT2D eigenvalue weighted by molar-refractivity contribution is 6.02. The van der Waals surface area contributed by atoms with Crippen molar-refractivity contribution in [3.05, 3.63) is 35.7 Å². The van der Waals surface area contributed by atoms with Gasteiger partial charge < -0.3 is 10.4 Å². The van der Waals surface area contributed by atoms with Crippen LogP contribution < -0.4 is 5.32 Å². The molecule has 0 aliphatic heterocycles. The molecule has 0 saturated carbocycles. The Bertz CT molecular complexity index is 562. The third kappa shape index (κ3) is 2.41. The molecule has 0 saturated heterocycles. The van der Waals surface area contributed by atoms with E-state index >= 15 is 0 Å². The molecule has 0 aliphatic rings. The second-order valence-corrected chi connectivity index (χ2v) is 3.73. The van der Waals surface area contributed by atoms with Crippen molar-refractivity contribution in [2.75, 3.05) is 5.32 Å². The predicted molar refractivity (Wildman–Crippen MR) is 61.8 cm³/mol. The zero-order valence-corrected chi connectivity index (χ0v) is 9.51. The van der Waals surface area contributed by atoms with Gasteiger partial charge in [-0.2, -0.15) is 0 Å². The third-order valence-corrected chi connectivity index (χ3v) is 2.29. The fraction of sp³-hybridized carbons (Fsp3) is 0.182. The lowest BCUT2D eigenvalue weighted by atomic mass is 10.2. The number of aromatic hydroxyl groups is 1. The van der Waals surface area contributed by atoms with Crippen molar-refractivity contribution in [1.82, 2.24) is 15.0 Å². The van der Waals surface area contributed by atoms with Gasteiger partial charge in [-0.05, 0) is 30.7 Å². The van der Waals surface area contributed by atoms with Gasteiger partial charge in [0.25, 0.3) is 5.91 Å². The first-order valence-corrected chi connectivity index (χ1v) is 5.03. The van der Waals surface area contributed by atoms with Crippen LogP contribution >= 0.6 is 0 Å². The lowest BCUT2D eigenvalue weighted by Crippen LogP contribution is -2.12. The van der Waals surface area contributed by atoms with E-state index in [0.29, 0.717) is 11.3 Å². The van der Waals surface area contributed by atoms with Crippen LogP contribution in [0.5, 0.6) is 5.75 Å². The number of nitrogens with zero attached hydrogens (tertiary/aromatic N) is 3. The summed E-state index contributed by atoms with van der Waals surface area (Å²) in [5, 5.41) is 19.4. The molecule has 0 spiro atoms. The van der Waals surface area contributed by atoms with E-state index in [0.717, 1.165) is 0 Å². The summed E-state index contributed by atoms with van der Waals surface area (Å²) in [5.41, 5.74) is 1.55. The fourth-order valence-corrected chi connectivity index (χ4v) is 1.38. The summed E-state index contributed by atoms with van der Waals surface area (Å²) in [6.45, 7) is 1.76. The number of phenolic OH excluding ortho intramolecular Hbond substituents is 1. The molecule has 6 nitrogen and oxygen atoms in total. The number of phenols is 1. The van der Waals surface area contributed by atoms with Gasteiger partial charge in [-0.3, -0.25) is 9.48 Å². The smallest absolute Gasteiger partial charge is 0.277 e. The number of benzene rings is 1. The molecular weight excluding hydrogens is 220 g/mol. The van der Waals surface area contributed by atoms with Gasteiger partial charge in [0.1, 0.15) is 5.75 Å². The molecule has 0 unspecified atom stereocenters. The van der Waals surface area contributed by atoms with Crippen molar-refractivity contribution in [1.29, 1.82) is 0 Å². The summed E-state index contributed by atoms with van der Waals surface area (Å²) >= 11 is 0. The van der Waals surface area contributed by atoms with Crippen LogP contribution in [0.2, 0.25) is 0 Å². The van der Waals surface area contributed by atoms with Crippen molar-refractivity contribution in [2.45, 2.75) is 6.92 Å².